The van der Waals surface area contributed by atoms with Crippen LogP contribution in [0.4, 0.5) is 0 Å². The molecule has 1 aromatic rings. The molecular weight excluding hydrogens is 324 g/mol. The molecule has 2 rings (SSSR count). The highest BCUT2D eigenvalue weighted by Crippen LogP contribution is 2.24. The number of benzene rings is 1. The maximum Gasteiger partial charge on any atom is 0.191 e. The molecule has 0 spiro atoms. The van der Waals surface area contributed by atoms with E-state index in [0.29, 0.717) is 0 Å². The Labute approximate surface area is 150 Å². The molecule has 6 heteroatoms. The summed E-state index contributed by atoms with van der Waals surface area (Å²) < 4.78 is 5.50. The normalized spacial score (nSPS) is 18.3. The molecule has 1 aromatic carbocycles. The van der Waals surface area contributed by atoms with Crippen molar-refractivity contribution in [2.24, 2.45) is 4.99 Å². The highest BCUT2D eigenvalue weighted by molar-refractivity contribution is 6.30. The van der Waals surface area contributed by atoms with Gasteiger partial charge in [0, 0.05) is 37.2 Å². The van der Waals surface area contributed by atoms with Gasteiger partial charge in [-0.25, -0.2) is 0 Å². The molecule has 134 valence electrons. The second-order valence-electron chi connectivity index (χ2n) is 7.05. The number of nitrogens with zero attached hydrogens (tertiary/aromatic N) is 2. The molecule has 2 N–H and O–H groups in total. The van der Waals surface area contributed by atoms with Crippen molar-refractivity contribution >= 4 is 17.6 Å². The van der Waals surface area contributed by atoms with Gasteiger partial charge in [-0.05, 0) is 38.5 Å². The molecular formula is C18H29ClN4O. The first-order chi connectivity index (χ1) is 11.4. The van der Waals surface area contributed by atoms with Crippen LogP contribution in [0.1, 0.15) is 32.4 Å². The third-order valence-corrected chi connectivity index (χ3v) is 4.13. The number of morpholine rings is 1. The van der Waals surface area contributed by atoms with Gasteiger partial charge in [-0.1, -0.05) is 23.7 Å². The van der Waals surface area contributed by atoms with Gasteiger partial charge in [0.25, 0.3) is 0 Å². The molecule has 1 atom stereocenters. The first-order valence-corrected chi connectivity index (χ1v) is 8.83. The molecule has 1 aliphatic rings. The van der Waals surface area contributed by atoms with E-state index in [2.05, 4.69) is 47.4 Å². The average molecular weight is 353 g/mol. The predicted molar refractivity (Wildman–Crippen MR) is 101 cm³/mol. The van der Waals surface area contributed by atoms with Crippen molar-refractivity contribution in [3.05, 3.63) is 34.9 Å². The van der Waals surface area contributed by atoms with Gasteiger partial charge >= 0.3 is 0 Å². The number of guanidine groups is 1. The van der Waals surface area contributed by atoms with Gasteiger partial charge in [0.2, 0.25) is 0 Å². The number of aliphatic imine (C=N–C) groups is 1. The minimum Gasteiger partial charge on any atom is -0.379 e. The summed E-state index contributed by atoms with van der Waals surface area (Å²) in [4.78, 5) is 6.76. The van der Waals surface area contributed by atoms with Crippen LogP contribution < -0.4 is 10.6 Å². The second-order valence-corrected chi connectivity index (χ2v) is 7.48. The minimum absolute atomic E-state index is 0.0354. The Morgan fingerprint density at radius 1 is 1.33 bits per heavy atom. The average Bonchev–Trinajstić information content (AvgIpc) is 2.54. The highest BCUT2D eigenvalue weighted by Gasteiger charge is 2.23. The van der Waals surface area contributed by atoms with Crippen molar-refractivity contribution in [1.82, 2.24) is 15.5 Å². The summed E-state index contributed by atoms with van der Waals surface area (Å²) >= 11 is 6.21. The SMILES string of the molecule is CN=C(NCC(c1cccc(Cl)c1)N1CCOCC1)NC(C)(C)C. The van der Waals surface area contributed by atoms with E-state index in [1.54, 1.807) is 7.05 Å². The van der Waals surface area contributed by atoms with Crippen molar-refractivity contribution in [2.45, 2.75) is 32.4 Å². The fourth-order valence-corrected chi connectivity index (χ4v) is 2.99. The molecule has 0 radical (unpaired) electrons. The lowest BCUT2D eigenvalue weighted by Crippen LogP contribution is -2.50. The van der Waals surface area contributed by atoms with E-state index in [0.717, 1.165) is 43.8 Å². The van der Waals surface area contributed by atoms with E-state index in [4.69, 9.17) is 16.3 Å². The maximum atomic E-state index is 6.21. The Morgan fingerprint density at radius 2 is 2.04 bits per heavy atom. The van der Waals surface area contributed by atoms with Gasteiger partial charge in [-0.2, -0.15) is 0 Å². The van der Waals surface area contributed by atoms with E-state index in [1.807, 2.05) is 18.2 Å². The highest BCUT2D eigenvalue weighted by atomic mass is 35.5. The standard InChI is InChI=1S/C18H29ClN4O/c1-18(2,3)22-17(20-4)21-13-16(23-8-10-24-11-9-23)14-6-5-7-15(19)12-14/h5-7,12,16H,8-11,13H2,1-4H3,(H2,20,21,22). The molecule has 1 saturated heterocycles. The summed E-state index contributed by atoms with van der Waals surface area (Å²) in [5.74, 6) is 0.808. The van der Waals surface area contributed by atoms with Gasteiger partial charge in [0.1, 0.15) is 0 Å². The van der Waals surface area contributed by atoms with Crippen LogP contribution in [0, 0.1) is 0 Å². The van der Waals surface area contributed by atoms with Crippen LogP contribution in [0.25, 0.3) is 0 Å². The molecule has 0 aromatic heterocycles. The van der Waals surface area contributed by atoms with E-state index < -0.39 is 0 Å². The van der Waals surface area contributed by atoms with Crippen LogP contribution in [0.5, 0.6) is 0 Å². The number of halogens is 1. The molecule has 1 unspecified atom stereocenters. The zero-order valence-electron chi connectivity index (χ0n) is 15.1. The number of hydrogen-bond acceptors (Lipinski definition) is 3. The van der Waals surface area contributed by atoms with Crippen LogP contribution in [-0.4, -0.2) is 56.3 Å². The maximum absolute atomic E-state index is 6.21. The van der Waals surface area contributed by atoms with Gasteiger partial charge in [0.05, 0.1) is 19.3 Å². The Balaban J connectivity index is 2.11. The van der Waals surface area contributed by atoms with E-state index >= 15 is 0 Å². The molecule has 0 amide bonds. The number of hydrogen-bond donors (Lipinski definition) is 2. The third kappa shape index (κ3) is 5.96. The topological polar surface area (TPSA) is 48.9 Å². The summed E-state index contributed by atoms with van der Waals surface area (Å²) in [5, 5.41) is 7.62. The van der Waals surface area contributed by atoms with Crippen molar-refractivity contribution in [2.75, 3.05) is 39.9 Å². The van der Waals surface area contributed by atoms with Gasteiger partial charge < -0.3 is 15.4 Å². The number of rotatable bonds is 4. The third-order valence-electron chi connectivity index (χ3n) is 3.90. The summed E-state index contributed by atoms with van der Waals surface area (Å²) in [6, 6.07) is 8.32. The van der Waals surface area contributed by atoms with Crippen LogP contribution in [0.2, 0.25) is 5.02 Å². The molecule has 1 aliphatic heterocycles. The van der Waals surface area contributed by atoms with Crippen LogP contribution >= 0.6 is 11.6 Å². The summed E-state index contributed by atoms with van der Waals surface area (Å²) in [5.41, 5.74) is 1.18. The Kier molecular flexibility index (Phi) is 6.90. The predicted octanol–water partition coefficient (Wildman–Crippen LogP) is 2.68. The fourth-order valence-electron chi connectivity index (χ4n) is 2.79. The molecule has 0 saturated carbocycles. The monoisotopic (exact) mass is 352 g/mol. The summed E-state index contributed by atoms with van der Waals surface area (Å²) in [6.07, 6.45) is 0. The van der Waals surface area contributed by atoms with Crippen molar-refractivity contribution < 1.29 is 4.74 Å². The van der Waals surface area contributed by atoms with E-state index in [9.17, 15) is 0 Å². The smallest absolute Gasteiger partial charge is 0.191 e. The fraction of sp³-hybridized carbons (Fsp3) is 0.611. The van der Waals surface area contributed by atoms with Crippen LogP contribution in [0.3, 0.4) is 0 Å². The quantitative estimate of drug-likeness (QED) is 0.646. The first kappa shape index (κ1) is 19.0. The van der Waals surface area contributed by atoms with Crippen LogP contribution in [0.15, 0.2) is 29.3 Å². The van der Waals surface area contributed by atoms with Crippen molar-refractivity contribution in [3.8, 4) is 0 Å². The van der Waals surface area contributed by atoms with Crippen LogP contribution in [-0.2, 0) is 4.74 Å². The summed E-state index contributed by atoms with van der Waals surface area (Å²) in [6.45, 7) is 10.5. The van der Waals surface area contributed by atoms with E-state index in [-0.39, 0.29) is 11.6 Å². The zero-order chi connectivity index (χ0) is 17.6. The lowest BCUT2D eigenvalue weighted by molar-refractivity contribution is 0.0170. The molecule has 5 nitrogen and oxygen atoms in total. The van der Waals surface area contributed by atoms with Crippen molar-refractivity contribution in [1.29, 1.82) is 0 Å². The molecule has 0 aliphatic carbocycles. The molecule has 1 fully saturated rings. The molecule has 1 heterocycles. The lowest BCUT2D eigenvalue weighted by atomic mass is 10.0. The second kappa shape index (κ2) is 8.70. The zero-order valence-corrected chi connectivity index (χ0v) is 15.9. The van der Waals surface area contributed by atoms with E-state index in [1.165, 1.54) is 5.56 Å². The lowest BCUT2D eigenvalue weighted by Gasteiger charge is -2.35. The minimum atomic E-state index is -0.0354. The largest absolute Gasteiger partial charge is 0.379 e. The molecule has 24 heavy (non-hydrogen) atoms. The van der Waals surface area contributed by atoms with Gasteiger partial charge in [0.15, 0.2) is 5.96 Å². The Bertz CT molecular complexity index is 550. The Morgan fingerprint density at radius 3 is 2.62 bits per heavy atom. The Hall–Kier alpha value is -1.30. The van der Waals surface area contributed by atoms with Gasteiger partial charge in [-0.15, -0.1) is 0 Å². The summed E-state index contributed by atoms with van der Waals surface area (Å²) in [7, 11) is 1.80. The van der Waals surface area contributed by atoms with Gasteiger partial charge in [-0.3, -0.25) is 9.89 Å². The first-order valence-electron chi connectivity index (χ1n) is 8.45. The number of ether oxygens (including phenoxy) is 1. The van der Waals surface area contributed by atoms with Crippen molar-refractivity contribution in [3.63, 3.8) is 0 Å². The molecule has 0 bridgehead atoms. The number of nitrogens with one attached hydrogen (secondary N) is 2.